The SMILES string of the molecule is CNCc1cccc(Cc2ccc3oc(=O)[nH]c3c2)c1. The first kappa shape index (κ1) is 12.7. The minimum Gasteiger partial charge on any atom is -0.408 e. The third kappa shape index (κ3) is 2.65. The van der Waals surface area contributed by atoms with E-state index in [1.807, 2.05) is 25.2 Å². The predicted octanol–water partition coefficient (Wildman–Crippen LogP) is 2.43. The lowest BCUT2D eigenvalue weighted by molar-refractivity contribution is 0.555. The topological polar surface area (TPSA) is 58.0 Å². The number of aromatic nitrogens is 1. The molecule has 1 heterocycles. The molecule has 20 heavy (non-hydrogen) atoms. The number of fused-ring (bicyclic) bond motifs is 1. The molecule has 0 aliphatic carbocycles. The first-order chi connectivity index (χ1) is 9.74. The highest BCUT2D eigenvalue weighted by molar-refractivity contribution is 5.72. The number of oxazole rings is 1. The average Bonchev–Trinajstić information content (AvgIpc) is 2.79. The second kappa shape index (κ2) is 5.35. The van der Waals surface area contributed by atoms with E-state index in [4.69, 9.17) is 4.42 Å². The fraction of sp³-hybridized carbons (Fsp3) is 0.188. The lowest BCUT2D eigenvalue weighted by Gasteiger charge is -2.05. The van der Waals surface area contributed by atoms with Crippen molar-refractivity contribution in [2.24, 2.45) is 0 Å². The molecule has 4 nitrogen and oxygen atoms in total. The van der Waals surface area contributed by atoms with Gasteiger partial charge in [0.15, 0.2) is 5.58 Å². The molecule has 0 saturated carbocycles. The molecule has 2 aromatic carbocycles. The molecule has 1 aromatic heterocycles. The van der Waals surface area contributed by atoms with E-state index in [1.165, 1.54) is 11.1 Å². The van der Waals surface area contributed by atoms with Crippen LogP contribution in [-0.4, -0.2) is 12.0 Å². The highest BCUT2D eigenvalue weighted by Gasteiger charge is 2.03. The lowest BCUT2D eigenvalue weighted by atomic mass is 10.0. The zero-order valence-electron chi connectivity index (χ0n) is 11.3. The van der Waals surface area contributed by atoms with Gasteiger partial charge in [0.2, 0.25) is 0 Å². The summed E-state index contributed by atoms with van der Waals surface area (Å²) in [4.78, 5) is 13.8. The van der Waals surface area contributed by atoms with Crippen LogP contribution in [0.1, 0.15) is 16.7 Å². The number of hydrogen-bond donors (Lipinski definition) is 2. The molecule has 3 rings (SSSR count). The third-order valence-corrected chi connectivity index (χ3v) is 3.26. The van der Waals surface area contributed by atoms with Gasteiger partial charge in [0.05, 0.1) is 5.52 Å². The minimum absolute atomic E-state index is 0.409. The number of H-pyrrole nitrogens is 1. The summed E-state index contributed by atoms with van der Waals surface area (Å²) in [5.74, 6) is -0.409. The van der Waals surface area contributed by atoms with Gasteiger partial charge in [0, 0.05) is 6.54 Å². The third-order valence-electron chi connectivity index (χ3n) is 3.26. The normalized spacial score (nSPS) is 11.1. The highest BCUT2D eigenvalue weighted by atomic mass is 16.4. The summed E-state index contributed by atoms with van der Waals surface area (Å²) in [5, 5.41) is 3.15. The Labute approximate surface area is 116 Å². The number of nitrogens with one attached hydrogen (secondary N) is 2. The number of benzene rings is 2. The van der Waals surface area contributed by atoms with Crippen molar-refractivity contribution in [3.8, 4) is 0 Å². The van der Waals surface area contributed by atoms with Gasteiger partial charge in [0.25, 0.3) is 0 Å². The van der Waals surface area contributed by atoms with Crippen LogP contribution in [0, 0.1) is 0 Å². The van der Waals surface area contributed by atoms with E-state index in [2.05, 4.69) is 34.6 Å². The Morgan fingerprint density at radius 2 is 1.90 bits per heavy atom. The Kier molecular flexibility index (Phi) is 3.39. The maximum atomic E-state index is 11.1. The van der Waals surface area contributed by atoms with E-state index in [0.29, 0.717) is 5.58 Å². The molecule has 3 aromatic rings. The van der Waals surface area contributed by atoms with Gasteiger partial charge in [-0.2, -0.15) is 0 Å². The molecule has 0 spiro atoms. The number of rotatable bonds is 4. The van der Waals surface area contributed by atoms with Crippen LogP contribution < -0.4 is 11.1 Å². The van der Waals surface area contributed by atoms with Crippen LogP contribution in [0.25, 0.3) is 11.1 Å². The van der Waals surface area contributed by atoms with Crippen molar-refractivity contribution < 1.29 is 4.42 Å². The van der Waals surface area contributed by atoms with Crippen LogP contribution in [0.5, 0.6) is 0 Å². The number of hydrogen-bond acceptors (Lipinski definition) is 3. The van der Waals surface area contributed by atoms with Crippen molar-refractivity contribution in [2.75, 3.05) is 7.05 Å². The van der Waals surface area contributed by atoms with E-state index < -0.39 is 5.76 Å². The molecule has 0 amide bonds. The van der Waals surface area contributed by atoms with Gasteiger partial charge in [0.1, 0.15) is 0 Å². The van der Waals surface area contributed by atoms with E-state index in [-0.39, 0.29) is 0 Å². The Bertz CT molecular complexity index is 786. The first-order valence-electron chi connectivity index (χ1n) is 6.59. The number of aromatic amines is 1. The molecule has 0 aliphatic rings. The molecule has 0 unspecified atom stereocenters. The second-order valence-corrected chi connectivity index (χ2v) is 4.87. The van der Waals surface area contributed by atoms with E-state index in [9.17, 15) is 4.79 Å². The van der Waals surface area contributed by atoms with E-state index in [1.54, 1.807) is 0 Å². The first-order valence-corrected chi connectivity index (χ1v) is 6.59. The van der Waals surface area contributed by atoms with E-state index in [0.717, 1.165) is 24.0 Å². The van der Waals surface area contributed by atoms with Gasteiger partial charge in [-0.05, 0) is 42.3 Å². The molecule has 0 aliphatic heterocycles. The monoisotopic (exact) mass is 268 g/mol. The summed E-state index contributed by atoms with van der Waals surface area (Å²) in [6.07, 6.45) is 0.834. The zero-order chi connectivity index (χ0) is 13.9. The Morgan fingerprint density at radius 1 is 1.10 bits per heavy atom. The van der Waals surface area contributed by atoms with Crippen molar-refractivity contribution in [3.05, 3.63) is 69.7 Å². The summed E-state index contributed by atoms with van der Waals surface area (Å²) >= 11 is 0. The predicted molar refractivity (Wildman–Crippen MR) is 78.8 cm³/mol. The van der Waals surface area contributed by atoms with Crippen molar-refractivity contribution in [1.82, 2.24) is 10.3 Å². The fourth-order valence-corrected chi connectivity index (χ4v) is 2.40. The smallest absolute Gasteiger partial charge is 0.408 e. The van der Waals surface area contributed by atoms with Gasteiger partial charge in [-0.1, -0.05) is 30.3 Å². The van der Waals surface area contributed by atoms with Crippen molar-refractivity contribution in [2.45, 2.75) is 13.0 Å². The Balaban J connectivity index is 1.88. The molecule has 0 radical (unpaired) electrons. The van der Waals surface area contributed by atoms with Gasteiger partial charge >= 0.3 is 5.76 Å². The molecule has 102 valence electrons. The molecule has 2 N–H and O–H groups in total. The molecule has 0 atom stereocenters. The summed E-state index contributed by atoms with van der Waals surface area (Å²) < 4.78 is 5.00. The second-order valence-electron chi connectivity index (χ2n) is 4.87. The fourth-order valence-electron chi connectivity index (χ4n) is 2.40. The van der Waals surface area contributed by atoms with Crippen LogP contribution in [0.15, 0.2) is 51.7 Å². The van der Waals surface area contributed by atoms with Gasteiger partial charge in [-0.3, -0.25) is 4.98 Å². The average molecular weight is 268 g/mol. The van der Waals surface area contributed by atoms with E-state index >= 15 is 0 Å². The standard InChI is InChI=1S/C16H16N2O2/c1-17-10-13-4-2-3-11(8-13)7-12-5-6-15-14(9-12)18-16(19)20-15/h2-6,8-9,17H,7,10H2,1H3,(H,18,19). The summed E-state index contributed by atoms with van der Waals surface area (Å²) in [5.41, 5.74) is 5.02. The van der Waals surface area contributed by atoms with Gasteiger partial charge < -0.3 is 9.73 Å². The Hall–Kier alpha value is -2.33. The molecular formula is C16H16N2O2. The van der Waals surface area contributed by atoms with Crippen molar-refractivity contribution in [1.29, 1.82) is 0 Å². The van der Waals surface area contributed by atoms with Crippen LogP contribution in [0.2, 0.25) is 0 Å². The van der Waals surface area contributed by atoms with Crippen LogP contribution >= 0.6 is 0 Å². The minimum atomic E-state index is -0.409. The molecule has 4 heteroatoms. The van der Waals surface area contributed by atoms with Crippen LogP contribution in [0.3, 0.4) is 0 Å². The van der Waals surface area contributed by atoms with Crippen molar-refractivity contribution >= 4 is 11.1 Å². The van der Waals surface area contributed by atoms with Crippen LogP contribution in [0.4, 0.5) is 0 Å². The quantitative estimate of drug-likeness (QED) is 0.764. The molecule has 0 bridgehead atoms. The Morgan fingerprint density at radius 3 is 2.75 bits per heavy atom. The molecule has 0 fully saturated rings. The molecular weight excluding hydrogens is 252 g/mol. The van der Waals surface area contributed by atoms with Gasteiger partial charge in [-0.15, -0.1) is 0 Å². The van der Waals surface area contributed by atoms with Gasteiger partial charge in [-0.25, -0.2) is 4.79 Å². The zero-order valence-corrected chi connectivity index (χ0v) is 11.3. The highest BCUT2D eigenvalue weighted by Crippen LogP contribution is 2.16. The van der Waals surface area contributed by atoms with Crippen LogP contribution in [-0.2, 0) is 13.0 Å². The maximum absolute atomic E-state index is 11.1. The summed E-state index contributed by atoms with van der Waals surface area (Å²) in [6, 6.07) is 14.3. The largest absolute Gasteiger partial charge is 0.417 e. The van der Waals surface area contributed by atoms with Crippen molar-refractivity contribution in [3.63, 3.8) is 0 Å². The summed E-state index contributed by atoms with van der Waals surface area (Å²) in [7, 11) is 1.94. The maximum Gasteiger partial charge on any atom is 0.417 e. The molecule has 0 saturated heterocycles. The lowest BCUT2D eigenvalue weighted by Crippen LogP contribution is -2.05. The summed E-state index contributed by atoms with van der Waals surface area (Å²) in [6.45, 7) is 0.863.